The second-order valence-electron chi connectivity index (χ2n) is 4.74. The lowest BCUT2D eigenvalue weighted by Gasteiger charge is -2.28. The summed E-state index contributed by atoms with van der Waals surface area (Å²) in [7, 11) is 4.23. The summed E-state index contributed by atoms with van der Waals surface area (Å²) in [6, 6.07) is 2.52. The molecule has 1 rings (SSSR count). The zero-order valence-electron chi connectivity index (χ0n) is 10.8. The van der Waals surface area contributed by atoms with Crippen LogP contribution in [0.3, 0.4) is 0 Å². The first-order chi connectivity index (χ1) is 7.91. The molecule has 0 bridgehead atoms. The molecule has 1 atom stereocenters. The summed E-state index contributed by atoms with van der Waals surface area (Å²) < 4.78 is 7.22. The topological polar surface area (TPSA) is 28.4 Å². The standard InChI is InChI=1S/C12H20Br2N2O/c1-8(2)11(16(3)4)7-15-6-9-5-10(13)12(14)17-9/h5,8,11,15H,6-7H2,1-4H3. The van der Waals surface area contributed by atoms with Gasteiger partial charge in [-0.15, -0.1) is 0 Å². The summed E-state index contributed by atoms with van der Waals surface area (Å²) in [4.78, 5) is 2.26. The third-order valence-electron chi connectivity index (χ3n) is 2.78. The number of likely N-dealkylation sites (N-methyl/N-ethyl adjacent to an activating group) is 1. The summed E-state index contributed by atoms with van der Waals surface area (Å²) in [5.41, 5.74) is 0. The van der Waals surface area contributed by atoms with Crippen LogP contribution in [0.1, 0.15) is 19.6 Å². The third-order valence-corrected chi connectivity index (χ3v) is 4.49. The fourth-order valence-corrected chi connectivity index (χ4v) is 2.49. The van der Waals surface area contributed by atoms with Crippen LogP contribution in [-0.4, -0.2) is 31.6 Å². The molecule has 17 heavy (non-hydrogen) atoms. The van der Waals surface area contributed by atoms with Gasteiger partial charge in [0.2, 0.25) is 0 Å². The molecular weight excluding hydrogens is 348 g/mol. The van der Waals surface area contributed by atoms with E-state index in [1.54, 1.807) is 0 Å². The van der Waals surface area contributed by atoms with Crippen LogP contribution in [-0.2, 0) is 6.54 Å². The van der Waals surface area contributed by atoms with Crippen LogP contribution in [0, 0.1) is 5.92 Å². The van der Waals surface area contributed by atoms with Gasteiger partial charge in [0.15, 0.2) is 4.67 Å². The Bertz CT molecular complexity index is 323. The molecule has 98 valence electrons. The number of rotatable bonds is 6. The molecular formula is C12H20Br2N2O. The van der Waals surface area contributed by atoms with E-state index in [1.807, 2.05) is 6.07 Å². The number of nitrogens with one attached hydrogen (secondary N) is 1. The third kappa shape index (κ3) is 4.73. The lowest BCUT2D eigenvalue weighted by atomic mass is 10.0. The highest BCUT2D eigenvalue weighted by molar-refractivity contribution is 9.13. The molecule has 1 unspecified atom stereocenters. The van der Waals surface area contributed by atoms with Gasteiger partial charge in [-0.3, -0.25) is 0 Å². The number of hydrogen-bond acceptors (Lipinski definition) is 3. The van der Waals surface area contributed by atoms with Crippen LogP contribution in [0.25, 0.3) is 0 Å². The van der Waals surface area contributed by atoms with E-state index < -0.39 is 0 Å². The molecule has 1 heterocycles. The fourth-order valence-electron chi connectivity index (χ4n) is 1.84. The molecule has 0 radical (unpaired) electrons. The van der Waals surface area contributed by atoms with Gasteiger partial charge in [0.1, 0.15) is 5.76 Å². The summed E-state index contributed by atoms with van der Waals surface area (Å²) in [5.74, 6) is 1.57. The van der Waals surface area contributed by atoms with E-state index in [0.29, 0.717) is 12.0 Å². The second-order valence-corrected chi connectivity index (χ2v) is 6.31. The van der Waals surface area contributed by atoms with E-state index in [4.69, 9.17) is 4.42 Å². The van der Waals surface area contributed by atoms with Crippen LogP contribution in [0.4, 0.5) is 0 Å². The van der Waals surface area contributed by atoms with E-state index in [9.17, 15) is 0 Å². The minimum Gasteiger partial charge on any atom is -0.452 e. The SMILES string of the molecule is CC(C)C(CNCc1cc(Br)c(Br)o1)N(C)C. The van der Waals surface area contributed by atoms with Crippen molar-refractivity contribution < 1.29 is 4.42 Å². The number of nitrogens with zero attached hydrogens (tertiary/aromatic N) is 1. The predicted octanol–water partition coefficient (Wildman–Crippen LogP) is 3.48. The summed E-state index contributed by atoms with van der Waals surface area (Å²) in [5, 5.41) is 3.43. The van der Waals surface area contributed by atoms with Gasteiger partial charge in [-0.25, -0.2) is 0 Å². The second kappa shape index (κ2) is 6.92. The maximum atomic E-state index is 5.51. The van der Waals surface area contributed by atoms with Crippen molar-refractivity contribution in [3.05, 3.63) is 21.0 Å². The molecule has 0 spiro atoms. The predicted molar refractivity (Wildman–Crippen MR) is 78.1 cm³/mol. The lowest BCUT2D eigenvalue weighted by molar-refractivity contribution is 0.222. The van der Waals surface area contributed by atoms with E-state index >= 15 is 0 Å². The summed E-state index contributed by atoms with van der Waals surface area (Å²) >= 11 is 6.74. The first-order valence-corrected chi connectivity index (χ1v) is 7.31. The van der Waals surface area contributed by atoms with Crippen LogP contribution in [0.5, 0.6) is 0 Å². The van der Waals surface area contributed by atoms with E-state index in [2.05, 4.69) is 70.0 Å². The van der Waals surface area contributed by atoms with Gasteiger partial charge in [0.05, 0.1) is 11.0 Å². The first kappa shape index (κ1) is 15.2. The Labute approximate surface area is 120 Å². The zero-order valence-corrected chi connectivity index (χ0v) is 13.9. The van der Waals surface area contributed by atoms with Gasteiger partial charge in [-0.1, -0.05) is 13.8 Å². The molecule has 0 saturated heterocycles. The van der Waals surface area contributed by atoms with Crippen molar-refractivity contribution in [2.75, 3.05) is 20.6 Å². The Morgan fingerprint density at radius 1 is 1.35 bits per heavy atom. The quantitative estimate of drug-likeness (QED) is 0.834. The van der Waals surface area contributed by atoms with Crippen molar-refractivity contribution >= 4 is 31.9 Å². The van der Waals surface area contributed by atoms with Crippen LogP contribution in [0.2, 0.25) is 0 Å². The minimum absolute atomic E-state index is 0.539. The summed E-state index contributed by atoms with van der Waals surface area (Å²) in [6.45, 7) is 6.20. The smallest absolute Gasteiger partial charge is 0.183 e. The molecule has 0 aromatic carbocycles. The largest absolute Gasteiger partial charge is 0.452 e. The molecule has 0 aliphatic rings. The van der Waals surface area contributed by atoms with E-state index in [-0.39, 0.29) is 0 Å². The molecule has 0 aliphatic heterocycles. The normalized spacial score (nSPS) is 13.6. The van der Waals surface area contributed by atoms with Crippen molar-refractivity contribution in [3.8, 4) is 0 Å². The molecule has 5 heteroatoms. The number of halogens is 2. The Balaban J connectivity index is 2.41. The van der Waals surface area contributed by atoms with Gasteiger partial charge < -0.3 is 14.6 Å². The number of furan rings is 1. The van der Waals surface area contributed by atoms with Crippen LogP contribution >= 0.6 is 31.9 Å². The number of hydrogen-bond donors (Lipinski definition) is 1. The highest BCUT2D eigenvalue weighted by atomic mass is 79.9. The first-order valence-electron chi connectivity index (χ1n) is 5.72. The molecule has 1 aromatic rings. The van der Waals surface area contributed by atoms with Crippen LogP contribution < -0.4 is 5.32 Å². The van der Waals surface area contributed by atoms with Crippen molar-refractivity contribution in [2.24, 2.45) is 5.92 Å². The molecule has 0 fully saturated rings. The highest BCUT2D eigenvalue weighted by Crippen LogP contribution is 2.26. The average Bonchev–Trinajstić information content (AvgIpc) is 2.52. The Morgan fingerprint density at radius 2 is 2.00 bits per heavy atom. The highest BCUT2D eigenvalue weighted by Gasteiger charge is 2.15. The maximum Gasteiger partial charge on any atom is 0.183 e. The summed E-state index contributed by atoms with van der Waals surface area (Å²) in [6.07, 6.45) is 0. The molecule has 0 amide bonds. The monoisotopic (exact) mass is 366 g/mol. The molecule has 1 aromatic heterocycles. The van der Waals surface area contributed by atoms with Crippen molar-refractivity contribution in [1.82, 2.24) is 10.2 Å². The maximum absolute atomic E-state index is 5.51. The Morgan fingerprint density at radius 3 is 2.41 bits per heavy atom. The van der Waals surface area contributed by atoms with E-state index in [1.165, 1.54) is 0 Å². The van der Waals surface area contributed by atoms with E-state index in [0.717, 1.165) is 28.0 Å². The molecule has 3 nitrogen and oxygen atoms in total. The minimum atomic E-state index is 0.539. The van der Waals surface area contributed by atoms with Gasteiger partial charge in [-0.2, -0.15) is 0 Å². The van der Waals surface area contributed by atoms with Gasteiger partial charge in [-0.05, 0) is 57.9 Å². The van der Waals surface area contributed by atoms with Crippen molar-refractivity contribution in [3.63, 3.8) is 0 Å². The van der Waals surface area contributed by atoms with Crippen molar-refractivity contribution in [2.45, 2.75) is 26.4 Å². The molecule has 0 saturated carbocycles. The average molecular weight is 368 g/mol. The molecule has 0 aliphatic carbocycles. The molecule has 1 N–H and O–H groups in total. The Kier molecular flexibility index (Phi) is 6.20. The Hall–Kier alpha value is 0.160. The van der Waals surface area contributed by atoms with Gasteiger partial charge in [0.25, 0.3) is 0 Å². The van der Waals surface area contributed by atoms with Gasteiger partial charge >= 0.3 is 0 Å². The van der Waals surface area contributed by atoms with Gasteiger partial charge in [0, 0.05) is 12.6 Å². The van der Waals surface area contributed by atoms with Crippen LogP contribution in [0.15, 0.2) is 19.6 Å². The van der Waals surface area contributed by atoms with Crippen molar-refractivity contribution in [1.29, 1.82) is 0 Å². The fraction of sp³-hybridized carbons (Fsp3) is 0.667. The lowest BCUT2D eigenvalue weighted by Crippen LogP contribution is -2.41. The zero-order chi connectivity index (χ0) is 13.0.